The third-order valence-electron chi connectivity index (χ3n) is 2.66. The van der Waals surface area contributed by atoms with E-state index in [-0.39, 0.29) is 0 Å². The number of hydrogen-bond donors (Lipinski definition) is 0. The Kier molecular flexibility index (Phi) is 1.92. The van der Waals surface area contributed by atoms with Crippen LogP contribution in [0.2, 0.25) is 0 Å². The van der Waals surface area contributed by atoms with Crippen LogP contribution >= 0.6 is 0 Å². The molecule has 0 fully saturated rings. The van der Waals surface area contributed by atoms with Crippen molar-refractivity contribution in [2.45, 2.75) is 0 Å². The summed E-state index contributed by atoms with van der Waals surface area (Å²) in [4.78, 5) is 4.38. The van der Waals surface area contributed by atoms with Crippen molar-refractivity contribution in [2.75, 3.05) is 0 Å². The number of benzene rings is 2. The van der Waals surface area contributed by atoms with Gasteiger partial charge in [0, 0.05) is 12.1 Å². The zero-order chi connectivity index (χ0) is 11.8. The van der Waals surface area contributed by atoms with Crippen LogP contribution in [0.1, 0.15) is 5.56 Å². The van der Waals surface area contributed by atoms with Gasteiger partial charge in [0.2, 0.25) is 11.0 Å². The van der Waals surface area contributed by atoms with Gasteiger partial charge in [-0.25, -0.2) is 4.98 Å². The number of para-hydroxylation sites is 2. The van der Waals surface area contributed by atoms with E-state index in [0.717, 1.165) is 4.73 Å². The summed E-state index contributed by atoms with van der Waals surface area (Å²) in [7, 11) is 0. The molecule has 0 aliphatic rings. The summed E-state index contributed by atoms with van der Waals surface area (Å²) >= 11 is 0. The monoisotopic (exact) mass is 221 g/mol. The molecule has 2 aromatic carbocycles. The van der Waals surface area contributed by atoms with E-state index in [4.69, 9.17) is 5.26 Å². The molecule has 17 heavy (non-hydrogen) atoms. The van der Waals surface area contributed by atoms with Crippen molar-refractivity contribution in [3.8, 4) is 6.07 Å². The third kappa shape index (κ3) is 1.37. The van der Waals surface area contributed by atoms with Crippen molar-refractivity contribution >= 4 is 22.1 Å². The van der Waals surface area contributed by atoms with Crippen LogP contribution in [-0.4, -0.2) is 4.98 Å². The standard InChI is InChI=1S/C13H7N3O/c14-8-9-5-6-11-13(7-9)16(17)12-4-2-1-3-10(12)15-11/h1-7H. The van der Waals surface area contributed by atoms with Crippen molar-refractivity contribution in [3.63, 3.8) is 0 Å². The van der Waals surface area contributed by atoms with Gasteiger partial charge < -0.3 is 5.21 Å². The Balaban J connectivity index is 2.52. The summed E-state index contributed by atoms with van der Waals surface area (Å²) in [5.41, 5.74) is 2.63. The van der Waals surface area contributed by atoms with Gasteiger partial charge in [-0.15, -0.1) is 0 Å². The first-order valence-corrected chi connectivity index (χ1v) is 5.12. The molecule has 80 valence electrons. The van der Waals surface area contributed by atoms with Crippen LogP contribution in [0, 0.1) is 16.5 Å². The molecule has 0 aliphatic heterocycles. The minimum Gasteiger partial charge on any atom is -0.618 e. The minimum absolute atomic E-state index is 0.419. The summed E-state index contributed by atoms with van der Waals surface area (Å²) in [6, 6.07) is 14.1. The second-order valence-corrected chi connectivity index (χ2v) is 3.71. The predicted octanol–water partition coefficient (Wildman–Crippen LogP) is 1.89. The molecule has 0 saturated carbocycles. The molecule has 0 saturated heterocycles. The second-order valence-electron chi connectivity index (χ2n) is 3.71. The predicted molar refractivity (Wildman–Crippen MR) is 62.9 cm³/mol. The maximum Gasteiger partial charge on any atom is 0.244 e. The molecule has 0 N–H and O–H groups in total. The molecule has 0 aliphatic carbocycles. The Bertz CT molecular complexity index is 775. The molecule has 0 atom stereocenters. The Hall–Kier alpha value is -2.67. The van der Waals surface area contributed by atoms with E-state index in [1.54, 1.807) is 36.4 Å². The Morgan fingerprint density at radius 3 is 2.65 bits per heavy atom. The third-order valence-corrected chi connectivity index (χ3v) is 2.66. The van der Waals surface area contributed by atoms with Gasteiger partial charge in [0.15, 0.2) is 0 Å². The number of hydrogen-bond acceptors (Lipinski definition) is 3. The highest BCUT2D eigenvalue weighted by molar-refractivity contribution is 5.82. The lowest BCUT2D eigenvalue weighted by Gasteiger charge is -2.04. The molecular weight excluding hydrogens is 214 g/mol. The molecule has 1 aromatic heterocycles. The van der Waals surface area contributed by atoms with E-state index in [9.17, 15) is 5.21 Å². The molecule has 0 bridgehead atoms. The molecule has 1 heterocycles. The van der Waals surface area contributed by atoms with Crippen LogP contribution in [0.3, 0.4) is 0 Å². The Morgan fingerprint density at radius 1 is 1.06 bits per heavy atom. The Morgan fingerprint density at radius 2 is 1.82 bits per heavy atom. The largest absolute Gasteiger partial charge is 0.618 e. The van der Waals surface area contributed by atoms with E-state index < -0.39 is 0 Å². The van der Waals surface area contributed by atoms with Gasteiger partial charge in [-0.2, -0.15) is 9.99 Å². The molecule has 3 rings (SSSR count). The first-order chi connectivity index (χ1) is 8.29. The first-order valence-electron chi connectivity index (χ1n) is 5.12. The highest BCUT2D eigenvalue weighted by atomic mass is 16.5. The van der Waals surface area contributed by atoms with Gasteiger partial charge in [-0.3, -0.25) is 0 Å². The van der Waals surface area contributed by atoms with Gasteiger partial charge in [0.1, 0.15) is 11.0 Å². The minimum atomic E-state index is 0.419. The molecular formula is C13H7N3O. The van der Waals surface area contributed by atoms with Gasteiger partial charge in [0.25, 0.3) is 0 Å². The Labute approximate surface area is 96.9 Å². The van der Waals surface area contributed by atoms with E-state index >= 15 is 0 Å². The summed E-state index contributed by atoms with van der Waals surface area (Å²) in [5, 5.41) is 20.9. The zero-order valence-electron chi connectivity index (χ0n) is 8.79. The van der Waals surface area contributed by atoms with Crippen LogP contribution in [-0.2, 0) is 0 Å². The number of nitrogens with zero attached hydrogens (tertiary/aromatic N) is 3. The van der Waals surface area contributed by atoms with E-state index in [1.165, 1.54) is 0 Å². The van der Waals surface area contributed by atoms with Crippen molar-refractivity contribution < 1.29 is 4.73 Å². The van der Waals surface area contributed by atoms with Gasteiger partial charge in [-0.1, -0.05) is 12.1 Å². The van der Waals surface area contributed by atoms with Crippen LogP contribution in [0.25, 0.3) is 22.1 Å². The SMILES string of the molecule is N#Cc1ccc2nc3ccccc3[n+]([O-])c2c1. The smallest absolute Gasteiger partial charge is 0.244 e. The van der Waals surface area contributed by atoms with Crippen molar-refractivity contribution in [1.29, 1.82) is 5.26 Å². The topological polar surface area (TPSA) is 63.6 Å². The van der Waals surface area contributed by atoms with Crippen molar-refractivity contribution in [3.05, 3.63) is 53.2 Å². The normalized spacial score (nSPS) is 10.5. The second kappa shape index (κ2) is 3.42. The molecule has 0 unspecified atom stereocenters. The first kappa shape index (κ1) is 9.55. The fraction of sp³-hybridized carbons (Fsp3) is 0. The maximum atomic E-state index is 12.1. The van der Waals surface area contributed by atoms with Gasteiger partial charge in [-0.05, 0) is 18.2 Å². The summed E-state index contributed by atoms with van der Waals surface area (Å²) in [5.74, 6) is 0. The van der Waals surface area contributed by atoms with Crippen molar-refractivity contribution in [2.24, 2.45) is 0 Å². The maximum absolute atomic E-state index is 12.1. The average Bonchev–Trinajstić information content (AvgIpc) is 2.39. The summed E-state index contributed by atoms with van der Waals surface area (Å²) < 4.78 is 0.818. The van der Waals surface area contributed by atoms with Crippen LogP contribution in [0.15, 0.2) is 42.5 Å². The number of fused-ring (bicyclic) bond motifs is 2. The average molecular weight is 221 g/mol. The van der Waals surface area contributed by atoms with Gasteiger partial charge in [0.05, 0.1) is 11.6 Å². The number of aromatic nitrogens is 2. The van der Waals surface area contributed by atoms with E-state index in [0.29, 0.717) is 27.6 Å². The lowest BCUT2D eigenvalue weighted by atomic mass is 10.2. The van der Waals surface area contributed by atoms with Crippen LogP contribution in [0.4, 0.5) is 0 Å². The fourth-order valence-electron chi connectivity index (χ4n) is 1.84. The van der Waals surface area contributed by atoms with Gasteiger partial charge >= 0.3 is 0 Å². The number of rotatable bonds is 0. The molecule has 3 aromatic rings. The molecule has 0 radical (unpaired) electrons. The zero-order valence-corrected chi connectivity index (χ0v) is 8.79. The van der Waals surface area contributed by atoms with Crippen LogP contribution < -0.4 is 4.73 Å². The number of nitriles is 1. The van der Waals surface area contributed by atoms with E-state index in [2.05, 4.69) is 4.98 Å². The fourth-order valence-corrected chi connectivity index (χ4v) is 1.84. The lowest BCUT2D eigenvalue weighted by Crippen LogP contribution is -2.28. The highest BCUT2D eigenvalue weighted by Gasteiger charge is 2.11. The quantitative estimate of drug-likeness (QED) is 0.331. The molecule has 4 nitrogen and oxygen atoms in total. The summed E-state index contributed by atoms with van der Waals surface area (Å²) in [6.45, 7) is 0. The summed E-state index contributed by atoms with van der Waals surface area (Å²) in [6.07, 6.45) is 0. The highest BCUT2D eigenvalue weighted by Crippen LogP contribution is 2.15. The molecule has 4 heteroatoms. The van der Waals surface area contributed by atoms with Crippen LogP contribution in [0.5, 0.6) is 0 Å². The van der Waals surface area contributed by atoms with Crippen molar-refractivity contribution in [1.82, 2.24) is 4.98 Å². The lowest BCUT2D eigenvalue weighted by molar-refractivity contribution is -0.548. The molecule has 0 amide bonds. The molecule has 0 spiro atoms. The van der Waals surface area contributed by atoms with E-state index in [1.807, 2.05) is 12.1 Å².